The quantitative estimate of drug-likeness (QED) is 0.605. The van der Waals surface area contributed by atoms with Crippen molar-refractivity contribution >= 4 is 11.9 Å². The summed E-state index contributed by atoms with van der Waals surface area (Å²) < 4.78 is 0. The maximum absolute atomic E-state index is 11.9. The molecule has 0 bridgehead atoms. The highest BCUT2D eigenvalue weighted by Crippen LogP contribution is 2.07. The van der Waals surface area contributed by atoms with E-state index in [4.69, 9.17) is 0 Å². The molecule has 98 valence electrons. The highest BCUT2D eigenvalue weighted by atomic mass is 16.2. The fourth-order valence-electron chi connectivity index (χ4n) is 1.39. The number of carbonyl (C=O) groups is 1. The molecule has 0 fully saturated rings. The third kappa shape index (κ3) is 4.89. The number of hydrogen-bond donors (Lipinski definition) is 1. The number of amidine groups is 1. The fraction of sp³-hybridized carbons (Fsp3) is 0.667. The van der Waals surface area contributed by atoms with Crippen LogP contribution >= 0.6 is 0 Å². The lowest BCUT2D eigenvalue weighted by molar-refractivity contribution is 0.190. The molecule has 0 atom stereocenters. The molecule has 0 aliphatic carbocycles. The van der Waals surface area contributed by atoms with Crippen molar-refractivity contribution in [3.8, 4) is 0 Å². The van der Waals surface area contributed by atoms with Gasteiger partial charge in [0.05, 0.1) is 5.84 Å². The van der Waals surface area contributed by atoms with Crippen molar-refractivity contribution in [1.29, 1.82) is 0 Å². The molecule has 17 heavy (non-hydrogen) atoms. The van der Waals surface area contributed by atoms with E-state index in [0.717, 1.165) is 23.8 Å². The predicted octanol–water partition coefficient (Wildman–Crippen LogP) is 1.88. The number of nitrogens with zero attached hydrogens (tertiary/aromatic N) is 3. The van der Waals surface area contributed by atoms with Crippen molar-refractivity contribution < 1.29 is 4.79 Å². The van der Waals surface area contributed by atoms with Crippen molar-refractivity contribution in [2.45, 2.75) is 27.7 Å². The largest absolute Gasteiger partial charge is 0.330 e. The Balaban J connectivity index is 4.97. The molecule has 5 heteroatoms. The van der Waals surface area contributed by atoms with Gasteiger partial charge in [0.1, 0.15) is 5.82 Å². The van der Waals surface area contributed by atoms with Gasteiger partial charge in [-0.05, 0) is 33.3 Å². The van der Waals surface area contributed by atoms with E-state index in [1.165, 1.54) is 4.90 Å². The van der Waals surface area contributed by atoms with Crippen molar-refractivity contribution in [2.24, 2.45) is 4.99 Å². The van der Waals surface area contributed by atoms with Gasteiger partial charge in [0, 0.05) is 27.7 Å². The molecule has 0 aliphatic heterocycles. The second kappa shape index (κ2) is 6.93. The number of urea groups is 1. The summed E-state index contributed by atoms with van der Waals surface area (Å²) >= 11 is 0. The Morgan fingerprint density at radius 3 is 2.06 bits per heavy atom. The lowest BCUT2D eigenvalue weighted by atomic mass is 10.3. The van der Waals surface area contributed by atoms with Gasteiger partial charge >= 0.3 is 6.03 Å². The smallest absolute Gasteiger partial charge is 0.324 e. The van der Waals surface area contributed by atoms with Crippen LogP contribution in [-0.4, -0.2) is 49.4 Å². The second-order valence-corrected chi connectivity index (χ2v) is 4.27. The van der Waals surface area contributed by atoms with E-state index in [-0.39, 0.29) is 6.03 Å². The Morgan fingerprint density at radius 1 is 1.18 bits per heavy atom. The third-order valence-corrected chi connectivity index (χ3v) is 2.17. The summed E-state index contributed by atoms with van der Waals surface area (Å²) in [5.41, 5.74) is 1.04. The van der Waals surface area contributed by atoms with Crippen LogP contribution in [0.2, 0.25) is 0 Å². The van der Waals surface area contributed by atoms with E-state index in [2.05, 4.69) is 10.3 Å². The van der Waals surface area contributed by atoms with Crippen LogP contribution in [0, 0.1) is 0 Å². The Kier molecular flexibility index (Phi) is 6.31. The Hall–Kier alpha value is -1.52. The first kappa shape index (κ1) is 15.5. The first-order valence-electron chi connectivity index (χ1n) is 5.71. The van der Waals surface area contributed by atoms with Crippen molar-refractivity contribution in [3.05, 3.63) is 11.4 Å². The summed E-state index contributed by atoms with van der Waals surface area (Å²) in [6.07, 6.45) is 0. The van der Waals surface area contributed by atoms with Crippen LogP contribution < -0.4 is 5.32 Å². The zero-order chi connectivity index (χ0) is 13.6. The van der Waals surface area contributed by atoms with Gasteiger partial charge < -0.3 is 10.2 Å². The average Bonchev–Trinajstić information content (AvgIpc) is 2.23. The molecule has 2 amide bonds. The standard InChI is InChI=1S/C12H24N4O/c1-8-13-10(4)14-11(9(2)3)16(7)12(17)15(5)6/h8H2,1-7H3,(H,13,14). The number of hydrogen-bond acceptors (Lipinski definition) is 2. The van der Waals surface area contributed by atoms with Crippen LogP contribution in [0.25, 0.3) is 0 Å². The molecule has 0 heterocycles. The molecule has 1 N–H and O–H groups in total. The Bertz CT molecular complexity index is 327. The number of rotatable bonds is 3. The maximum Gasteiger partial charge on any atom is 0.324 e. The number of carbonyl (C=O) groups excluding carboxylic acids is 1. The van der Waals surface area contributed by atoms with Gasteiger partial charge in [-0.25, -0.2) is 4.79 Å². The minimum absolute atomic E-state index is 0.0713. The molecule has 0 rings (SSSR count). The molecular weight excluding hydrogens is 216 g/mol. The summed E-state index contributed by atoms with van der Waals surface area (Å²) in [4.78, 5) is 19.2. The topological polar surface area (TPSA) is 47.9 Å². The minimum Gasteiger partial charge on any atom is -0.330 e. The van der Waals surface area contributed by atoms with Gasteiger partial charge in [0.2, 0.25) is 0 Å². The van der Waals surface area contributed by atoms with Crippen LogP contribution in [-0.2, 0) is 0 Å². The van der Waals surface area contributed by atoms with Gasteiger partial charge in [0.15, 0.2) is 0 Å². The maximum atomic E-state index is 11.9. The summed E-state index contributed by atoms with van der Waals surface area (Å²) in [7, 11) is 5.21. The minimum atomic E-state index is -0.0713. The van der Waals surface area contributed by atoms with Gasteiger partial charge in [0.25, 0.3) is 0 Å². The van der Waals surface area contributed by atoms with Gasteiger partial charge in [-0.3, -0.25) is 9.89 Å². The molecular formula is C12H24N4O. The van der Waals surface area contributed by atoms with E-state index in [1.54, 1.807) is 26.0 Å². The van der Waals surface area contributed by atoms with E-state index >= 15 is 0 Å². The second-order valence-electron chi connectivity index (χ2n) is 4.27. The van der Waals surface area contributed by atoms with Gasteiger partial charge in [-0.1, -0.05) is 0 Å². The predicted molar refractivity (Wildman–Crippen MR) is 72.0 cm³/mol. The number of allylic oxidation sites excluding steroid dienone is 1. The number of nitrogens with one attached hydrogen (secondary N) is 1. The Morgan fingerprint density at radius 2 is 1.71 bits per heavy atom. The molecule has 0 spiro atoms. The molecule has 0 aliphatic rings. The summed E-state index contributed by atoms with van der Waals surface area (Å²) in [5, 5.41) is 3.16. The first-order chi connectivity index (χ1) is 7.81. The fourth-order valence-corrected chi connectivity index (χ4v) is 1.39. The summed E-state index contributed by atoms with van der Waals surface area (Å²) in [6, 6.07) is -0.0713. The number of aliphatic imine (C=N–C) groups is 1. The van der Waals surface area contributed by atoms with Crippen LogP contribution in [0.5, 0.6) is 0 Å². The molecule has 0 saturated carbocycles. The van der Waals surface area contributed by atoms with Gasteiger partial charge in [-0.2, -0.15) is 0 Å². The Labute approximate surface area is 104 Å². The molecule has 0 unspecified atom stereocenters. The van der Waals surface area contributed by atoms with E-state index in [9.17, 15) is 4.79 Å². The average molecular weight is 240 g/mol. The van der Waals surface area contributed by atoms with Crippen LogP contribution in [0.15, 0.2) is 16.4 Å². The molecule has 0 aromatic carbocycles. The molecule has 0 aromatic heterocycles. The first-order valence-corrected chi connectivity index (χ1v) is 5.71. The normalized spacial score (nSPS) is 10.9. The highest BCUT2D eigenvalue weighted by molar-refractivity contribution is 5.83. The SMILES string of the molecule is CCN=C(C)NC(=C(C)C)N(C)C(=O)N(C)C. The lowest BCUT2D eigenvalue weighted by Crippen LogP contribution is -2.41. The van der Waals surface area contributed by atoms with Crippen LogP contribution in [0.3, 0.4) is 0 Å². The molecule has 0 saturated heterocycles. The summed E-state index contributed by atoms with van der Waals surface area (Å²) in [5.74, 6) is 1.58. The van der Waals surface area contributed by atoms with E-state index < -0.39 is 0 Å². The van der Waals surface area contributed by atoms with Crippen LogP contribution in [0.1, 0.15) is 27.7 Å². The van der Waals surface area contributed by atoms with Gasteiger partial charge in [-0.15, -0.1) is 0 Å². The van der Waals surface area contributed by atoms with E-state index in [1.807, 2.05) is 27.7 Å². The molecule has 0 aromatic rings. The zero-order valence-corrected chi connectivity index (χ0v) is 12.0. The zero-order valence-electron chi connectivity index (χ0n) is 12.0. The van der Waals surface area contributed by atoms with Crippen molar-refractivity contribution in [2.75, 3.05) is 27.7 Å². The summed E-state index contributed by atoms with van der Waals surface area (Å²) in [6.45, 7) is 8.50. The molecule has 0 radical (unpaired) electrons. The third-order valence-electron chi connectivity index (χ3n) is 2.17. The number of amides is 2. The van der Waals surface area contributed by atoms with Crippen LogP contribution in [0.4, 0.5) is 4.79 Å². The lowest BCUT2D eigenvalue weighted by Gasteiger charge is -2.26. The highest BCUT2D eigenvalue weighted by Gasteiger charge is 2.16. The molecule has 5 nitrogen and oxygen atoms in total. The van der Waals surface area contributed by atoms with Crippen molar-refractivity contribution in [1.82, 2.24) is 15.1 Å². The monoisotopic (exact) mass is 240 g/mol. The van der Waals surface area contributed by atoms with Crippen molar-refractivity contribution in [3.63, 3.8) is 0 Å². The van der Waals surface area contributed by atoms with E-state index in [0.29, 0.717) is 0 Å².